The number of halogens is 1. The van der Waals surface area contributed by atoms with Gasteiger partial charge < -0.3 is 13.6 Å². The molecule has 9 rings (SSSR count). The van der Waals surface area contributed by atoms with Crippen molar-refractivity contribution in [2.45, 2.75) is 0 Å². The quantitative estimate of drug-likeness (QED) is 0.176. The van der Waals surface area contributed by atoms with E-state index in [0.29, 0.717) is 0 Å². The lowest BCUT2D eigenvalue weighted by Crippen LogP contribution is -1.95. The molecule has 0 radical (unpaired) electrons. The maximum absolute atomic E-state index is 6.45. The molecule has 0 aliphatic carbocycles. The van der Waals surface area contributed by atoms with Crippen LogP contribution in [0.4, 0.5) is 0 Å². The zero-order valence-electron chi connectivity index (χ0n) is 21.3. The predicted octanol–water partition coefficient (Wildman–Crippen LogP) is 10.4. The molecule has 0 fully saturated rings. The van der Waals surface area contributed by atoms with Gasteiger partial charge in [0.1, 0.15) is 11.2 Å². The molecule has 0 saturated carbocycles. The highest BCUT2D eigenvalue weighted by molar-refractivity contribution is 14.1. The highest BCUT2D eigenvalue weighted by atomic mass is 127. The fourth-order valence-electron chi connectivity index (χ4n) is 6.48. The number of nitrogens with zero attached hydrogens (tertiary/aromatic N) is 2. The van der Waals surface area contributed by atoms with Gasteiger partial charge in [-0.05, 0) is 77.2 Å². The van der Waals surface area contributed by atoms with Crippen molar-refractivity contribution in [2.75, 3.05) is 0 Å². The van der Waals surface area contributed by atoms with Crippen LogP contribution in [0.5, 0.6) is 0 Å². The van der Waals surface area contributed by atoms with E-state index in [1.165, 1.54) is 43.6 Å². The van der Waals surface area contributed by atoms with Crippen molar-refractivity contribution in [3.63, 3.8) is 0 Å². The van der Waals surface area contributed by atoms with Crippen molar-refractivity contribution >= 4 is 88.1 Å². The number of benzene rings is 6. The molecule has 0 spiro atoms. The molecule has 3 nitrogen and oxygen atoms in total. The smallest absolute Gasteiger partial charge is 0.148 e. The highest BCUT2D eigenvalue weighted by Crippen LogP contribution is 2.39. The summed E-state index contributed by atoms with van der Waals surface area (Å²) in [6, 6.07) is 45.7. The third-order valence-corrected chi connectivity index (χ3v) is 8.97. The van der Waals surface area contributed by atoms with E-state index in [0.717, 1.165) is 36.9 Å². The van der Waals surface area contributed by atoms with E-state index < -0.39 is 0 Å². The Morgan fingerprint density at radius 3 is 1.40 bits per heavy atom. The number of furan rings is 1. The Bertz CT molecular complexity index is 2350. The Hall–Kier alpha value is -4.55. The van der Waals surface area contributed by atoms with Gasteiger partial charge in [-0.15, -0.1) is 0 Å². The Balaban J connectivity index is 1.35. The Morgan fingerprint density at radius 2 is 0.875 bits per heavy atom. The van der Waals surface area contributed by atoms with Crippen LogP contribution in [-0.4, -0.2) is 9.13 Å². The fourth-order valence-corrected chi connectivity index (χ4v) is 7.20. The van der Waals surface area contributed by atoms with Crippen LogP contribution in [-0.2, 0) is 0 Å². The summed E-state index contributed by atoms with van der Waals surface area (Å²) >= 11 is 2.42. The van der Waals surface area contributed by atoms with Crippen molar-refractivity contribution < 1.29 is 4.42 Å². The van der Waals surface area contributed by atoms with Gasteiger partial charge in [0.25, 0.3) is 0 Å². The maximum atomic E-state index is 6.45. The SMILES string of the molecule is Ic1cc(-n2c3ccccc3c3ccccc32)cc2c1oc1ccc(-n3c4ccccc4c4ccccc43)cc12. The van der Waals surface area contributed by atoms with Crippen LogP contribution in [0, 0.1) is 3.57 Å². The summed E-state index contributed by atoms with van der Waals surface area (Å²) in [4.78, 5) is 0. The first-order valence-electron chi connectivity index (χ1n) is 13.4. The number of hydrogen-bond donors (Lipinski definition) is 0. The van der Waals surface area contributed by atoms with E-state index in [-0.39, 0.29) is 0 Å². The minimum absolute atomic E-state index is 0.900. The summed E-state index contributed by atoms with van der Waals surface area (Å²) < 4.78 is 12.3. The zero-order valence-corrected chi connectivity index (χ0v) is 23.5. The number of rotatable bonds is 2. The molecule has 0 aliphatic rings. The van der Waals surface area contributed by atoms with E-state index >= 15 is 0 Å². The van der Waals surface area contributed by atoms with Crippen LogP contribution in [0.3, 0.4) is 0 Å². The molecule has 40 heavy (non-hydrogen) atoms. The molecule has 3 aromatic heterocycles. The van der Waals surface area contributed by atoms with Crippen molar-refractivity contribution in [3.05, 3.63) is 131 Å². The van der Waals surface area contributed by atoms with Gasteiger partial charge >= 0.3 is 0 Å². The second kappa shape index (κ2) is 8.23. The molecular weight excluding hydrogens is 603 g/mol. The van der Waals surface area contributed by atoms with Crippen LogP contribution in [0.2, 0.25) is 0 Å². The third kappa shape index (κ3) is 2.99. The largest absolute Gasteiger partial charge is 0.455 e. The number of hydrogen-bond acceptors (Lipinski definition) is 1. The molecule has 6 aromatic carbocycles. The average molecular weight is 624 g/mol. The van der Waals surface area contributed by atoms with Crippen LogP contribution in [0.15, 0.2) is 132 Å². The van der Waals surface area contributed by atoms with Gasteiger partial charge in [0.05, 0.1) is 25.6 Å². The Kier molecular flexibility index (Phi) is 4.58. The number of fused-ring (bicyclic) bond motifs is 9. The van der Waals surface area contributed by atoms with E-state index in [9.17, 15) is 0 Å². The average Bonchev–Trinajstić information content (AvgIpc) is 3.65. The topological polar surface area (TPSA) is 23.0 Å². The lowest BCUT2D eigenvalue weighted by Gasteiger charge is -2.09. The monoisotopic (exact) mass is 624 g/mol. The van der Waals surface area contributed by atoms with Crippen molar-refractivity contribution in [2.24, 2.45) is 0 Å². The molecule has 9 aromatic rings. The van der Waals surface area contributed by atoms with Crippen LogP contribution >= 0.6 is 22.6 Å². The van der Waals surface area contributed by atoms with Crippen molar-refractivity contribution in [1.29, 1.82) is 0 Å². The molecule has 0 N–H and O–H groups in total. The van der Waals surface area contributed by atoms with Gasteiger partial charge in [0.15, 0.2) is 0 Å². The Morgan fingerprint density at radius 1 is 0.425 bits per heavy atom. The number of para-hydroxylation sites is 4. The third-order valence-electron chi connectivity index (χ3n) is 8.17. The summed E-state index contributed by atoms with van der Waals surface area (Å²) in [7, 11) is 0. The molecule has 3 heterocycles. The first-order chi connectivity index (χ1) is 19.8. The molecule has 0 amide bonds. The molecule has 188 valence electrons. The van der Waals surface area contributed by atoms with Gasteiger partial charge in [0.2, 0.25) is 0 Å². The standard InChI is InChI=1S/C36H21IN2O/c37-30-21-23(39-33-15-7-3-11-26(33)27-12-4-8-16-34(27)39)20-29-28-19-22(17-18-35(28)40-36(29)30)38-31-13-5-1-9-24(31)25-10-2-6-14-32(25)38/h1-21H. The minimum Gasteiger partial charge on any atom is -0.455 e. The fraction of sp³-hybridized carbons (Fsp3) is 0. The molecular formula is C36H21IN2O. The summed E-state index contributed by atoms with van der Waals surface area (Å²) in [6.07, 6.45) is 0. The molecule has 0 atom stereocenters. The predicted molar refractivity (Wildman–Crippen MR) is 175 cm³/mol. The highest BCUT2D eigenvalue weighted by Gasteiger charge is 2.18. The number of aromatic nitrogens is 2. The lowest BCUT2D eigenvalue weighted by atomic mass is 10.1. The molecule has 0 unspecified atom stereocenters. The van der Waals surface area contributed by atoms with Crippen LogP contribution < -0.4 is 0 Å². The summed E-state index contributed by atoms with van der Waals surface area (Å²) in [5.74, 6) is 0. The van der Waals surface area contributed by atoms with E-state index in [2.05, 4.69) is 159 Å². The summed E-state index contributed by atoms with van der Waals surface area (Å²) in [6.45, 7) is 0. The van der Waals surface area contributed by atoms with E-state index in [1.807, 2.05) is 0 Å². The van der Waals surface area contributed by atoms with Gasteiger partial charge in [0, 0.05) is 43.7 Å². The van der Waals surface area contributed by atoms with Crippen LogP contribution in [0.25, 0.3) is 76.9 Å². The normalized spacial score (nSPS) is 12.1. The van der Waals surface area contributed by atoms with E-state index in [4.69, 9.17) is 4.42 Å². The maximum Gasteiger partial charge on any atom is 0.148 e. The summed E-state index contributed by atoms with van der Waals surface area (Å²) in [5.41, 5.74) is 8.92. The Labute approximate surface area is 243 Å². The second-order valence-electron chi connectivity index (χ2n) is 10.3. The van der Waals surface area contributed by atoms with Gasteiger partial charge in [-0.25, -0.2) is 0 Å². The summed E-state index contributed by atoms with van der Waals surface area (Å²) in [5, 5.41) is 7.30. The first-order valence-corrected chi connectivity index (χ1v) is 14.5. The second-order valence-corrected chi connectivity index (χ2v) is 11.5. The van der Waals surface area contributed by atoms with Crippen molar-refractivity contribution in [1.82, 2.24) is 9.13 Å². The molecule has 0 saturated heterocycles. The lowest BCUT2D eigenvalue weighted by molar-refractivity contribution is 0.666. The van der Waals surface area contributed by atoms with Crippen LogP contribution in [0.1, 0.15) is 0 Å². The zero-order chi connectivity index (χ0) is 26.4. The molecule has 0 bridgehead atoms. The molecule has 4 heteroatoms. The van der Waals surface area contributed by atoms with Gasteiger partial charge in [-0.2, -0.15) is 0 Å². The molecule has 0 aliphatic heterocycles. The van der Waals surface area contributed by atoms with Crippen molar-refractivity contribution in [3.8, 4) is 11.4 Å². The van der Waals surface area contributed by atoms with Gasteiger partial charge in [-0.3, -0.25) is 0 Å². The van der Waals surface area contributed by atoms with E-state index in [1.54, 1.807) is 0 Å². The van der Waals surface area contributed by atoms with Gasteiger partial charge in [-0.1, -0.05) is 72.8 Å². The minimum atomic E-state index is 0.900. The first kappa shape index (κ1) is 22.3.